The fraction of sp³-hybridized carbons (Fsp3) is 0.158. The molecular weight excluding hydrogens is 304 g/mol. The van der Waals surface area contributed by atoms with Gasteiger partial charge in [0.15, 0.2) is 0 Å². The highest BCUT2D eigenvalue weighted by Crippen LogP contribution is 2.26. The lowest BCUT2D eigenvalue weighted by Gasteiger charge is -2.17. The van der Waals surface area contributed by atoms with Gasteiger partial charge in [0.1, 0.15) is 12.4 Å². The second kappa shape index (κ2) is 7.00. The van der Waals surface area contributed by atoms with E-state index in [9.17, 15) is 9.59 Å². The largest absolute Gasteiger partial charge is 0.488 e. The Morgan fingerprint density at radius 3 is 2.58 bits per heavy atom. The molecule has 2 N–H and O–H groups in total. The van der Waals surface area contributed by atoms with Crippen molar-refractivity contribution in [1.82, 2.24) is 5.32 Å². The Morgan fingerprint density at radius 2 is 1.83 bits per heavy atom. The number of para-hydroxylation sites is 1. The van der Waals surface area contributed by atoms with Crippen LogP contribution in [0.4, 0.5) is 5.69 Å². The van der Waals surface area contributed by atoms with Gasteiger partial charge in [-0.25, -0.2) is 0 Å². The van der Waals surface area contributed by atoms with E-state index >= 15 is 0 Å². The predicted molar refractivity (Wildman–Crippen MR) is 92.8 cm³/mol. The highest BCUT2D eigenvalue weighted by atomic mass is 16.5. The Kier molecular flexibility index (Phi) is 4.61. The molecule has 0 saturated carbocycles. The third-order valence-corrected chi connectivity index (χ3v) is 3.78. The number of hydrogen-bond donors (Lipinski definition) is 2. The number of carbonyl (C=O) groups is 2. The van der Waals surface area contributed by atoms with Gasteiger partial charge in [-0.15, -0.1) is 0 Å². The maximum absolute atomic E-state index is 12.4. The van der Waals surface area contributed by atoms with Gasteiger partial charge in [-0.3, -0.25) is 9.59 Å². The van der Waals surface area contributed by atoms with Gasteiger partial charge >= 0.3 is 0 Å². The maximum Gasteiger partial charge on any atom is 0.255 e. The number of anilines is 1. The van der Waals surface area contributed by atoms with Crippen LogP contribution in [0, 0.1) is 0 Å². The SMILES string of the molecule is CNC(=O)Cc1ccc(NC(=O)C2=Cc3ccccc3OC2)cc1. The molecule has 0 atom stereocenters. The van der Waals surface area contributed by atoms with Gasteiger partial charge in [-0.1, -0.05) is 30.3 Å². The van der Waals surface area contributed by atoms with Crippen LogP contribution in [-0.2, 0) is 16.0 Å². The normalized spacial score (nSPS) is 12.5. The fourth-order valence-electron chi connectivity index (χ4n) is 2.44. The summed E-state index contributed by atoms with van der Waals surface area (Å²) in [5, 5.41) is 5.43. The van der Waals surface area contributed by atoms with Crippen LogP contribution < -0.4 is 15.4 Å². The predicted octanol–water partition coefficient (Wildman–Crippen LogP) is 2.39. The molecule has 5 heteroatoms. The van der Waals surface area contributed by atoms with E-state index in [2.05, 4.69) is 10.6 Å². The van der Waals surface area contributed by atoms with Crippen LogP contribution in [0.3, 0.4) is 0 Å². The van der Waals surface area contributed by atoms with Gasteiger partial charge in [0.25, 0.3) is 5.91 Å². The van der Waals surface area contributed by atoms with Crippen LogP contribution in [0.5, 0.6) is 5.75 Å². The van der Waals surface area contributed by atoms with E-state index in [4.69, 9.17) is 4.74 Å². The van der Waals surface area contributed by atoms with E-state index in [0.717, 1.165) is 16.9 Å². The number of amides is 2. The van der Waals surface area contributed by atoms with Crippen molar-refractivity contribution in [3.8, 4) is 5.75 Å². The number of fused-ring (bicyclic) bond motifs is 1. The molecule has 2 amide bonds. The number of hydrogen-bond acceptors (Lipinski definition) is 3. The molecule has 0 aromatic heterocycles. The quantitative estimate of drug-likeness (QED) is 0.908. The van der Waals surface area contributed by atoms with Crippen molar-refractivity contribution in [3.63, 3.8) is 0 Å². The Hall–Kier alpha value is -3.08. The molecule has 1 heterocycles. The molecule has 0 bridgehead atoms. The number of nitrogens with one attached hydrogen (secondary N) is 2. The first-order valence-corrected chi connectivity index (χ1v) is 7.69. The van der Waals surface area contributed by atoms with E-state index in [1.165, 1.54) is 0 Å². The van der Waals surface area contributed by atoms with Crippen molar-refractivity contribution in [3.05, 3.63) is 65.2 Å². The third-order valence-electron chi connectivity index (χ3n) is 3.78. The van der Waals surface area contributed by atoms with Crippen molar-refractivity contribution < 1.29 is 14.3 Å². The Morgan fingerprint density at radius 1 is 1.08 bits per heavy atom. The molecule has 0 fully saturated rings. The molecule has 0 aliphatic carbocycles. The molecule has 3 rings (SSSR count). The third kappa shape index (κ3) is 3.63. The molecule has 0 unspecified atom stereocenters. The van der Waals surface area contributed by atoms with Gasteiger partial charge in [-0.05, 0) is 29.8 Å². The summed E-state index contributed by atoms with van der Waals surface area (Å²) in [6.07, 6.45) is 2.16. The van der Waals surface area contributed by atoms with Gasteiger partial charge in [-0.2, -0.15) is 0 Å². The molecule has 1 aliphatic heterocycles. The average molecular weight is 322 g/mol. The van der Waals surface area contributed by atoms with Crippen molar-refractivity contribution in [2.45, 2.75) is 6.42 Å². The fourth-order valence-corrected chi connectivity index (χ4v) is 2.44. The molecule has 1 aliphatic rings. The summed E-state index contributed by atoms with van der Waals surface area (Å²) in [6.45, 7) is 0.248. The maximum atomic E-state index is 12.4. The summed E-state index contributed by atoms with van der Waals surface area (Å²) >= 11 is 0. The number of likely N-dealkylation sites (N-methyl/N-ethyl adjacent to an activating group) is 1. The smallest absolute Gasteiger partial charge is 0.255 e. The second-order valence-electron chi connectivity index (χ2n) is 5.50. The minimum atomic E-state index is -0.191. The van der Waals surface area contributed by atoms with Crippen LogP contribution in [-0.4, -0.2) is 25.5 Å². The number of carbonyl (C=O) groups excluding carboxylic acids is 2. The monoisotopic (exact) mass is 322 g/mol. The van der Waals surface area contributed by atoms with Crippen LogP contribution in [0.25, 0.3) is 6.08 Å². The Balaban J connectivity index is 1.67. The lowest BCUT2D eigenvalue weighted by molar-refractivity contribution is -0.120. The van der Waals surface area contributed by atoms with Gasteiger partial charge in [0, 0.05) is 18.3 Å². The van der Waals surface area contributed by atoms with Crippen molar-refractivity contribution in [1.29, 1.82) is 0 Å². The minimum absolute atomic E-state index is 0.0463. The Labute approximate surface area is 140 Å². The zero-order chi connectivity index (χ0) is 16.9. The van der Waals surface area contributed by atoms with E-state index in [-0.39, 0.29) is 18.4 Å². The molecule has 0 spiro atoms. The number of rotatable bonds is 4. The molecule has 0 radical (unpaired) electrons. The number of benzene rings is 2. The first-order valence-electron chi connectivity index (χ1n) is 7.69. The Bertz CT molecular complexity index is 795. The van der Waals surface area contributed by atoms with Crippen LogP contribution in [0.15, 0.2) is 54.1 Å². The van der Waals surface area contributed by atoms with Gasteiger partial charge < -0.3 is 15.4 Å². The zero-order valence-electron chi connectivity index (χ0n) is 13.3. The molecule has 2 aromatic rings. The summed E-state index contributed by atoms with van der Waals surface area (Å²) in [7, 11) is 1.61. The highest BCUT2D eigenvalue weighted by Gasteiger charge is 2.17. The van der Waals surface area contributed by atoms with Crippen molar-refractivity contribution >= 4 is 23.6 Å². The molecular formula is C19H18N2O3. The van der Waals surface area contributed by atoms with Crippen LogP contribution in [0.1, 0.15) is 11.1 Å². The summed E-state index contributed by atoms with van der Waals surface area (Å²) in [5.74, 6) is 0.547. The standard InChI is InChI=1S/C19H18N2O3/c1-20-18(22)10-13-6-8-16(9-7-13)21-19(23)15-11-14-4-2-3-5-17(14)24-12-15/h2-9,11H,10,12H2,1H3,(H,20,22)(H,21,23). The highest BCUT2D eigenvalue weighted by molar-refractivity contribution is 6.07. The van der Waals surface area contributed by atoms with Crippen molar-refractivity contribution in [2.24, 2.45) is 0 Å². The summed E-state index contributed by atoms with van der Waals surface area (Å²) in [5.41, 5.74) is 3.04. The molecule has 5 nitrogen and oxygen atoms in total. The van der Waals surface area contributed by atoms with Crippen molar-refractivity contribution in [2.75, 3.05) is 19.0 Å². The summed E-state index contributed by atoms with van der Waals surface area (Å²) in [6, 6.07) is 14.8. The minimum Gasteiger partial charge on any atom is -0.488 e. The average Bonchev–Trinajstić information content (AvgIpc) is 2.62. The zero-order valence-corrected chi connectivity index (χ0v) is 13.3. The summed E-state index contributed by atoms with van der Waals surface area (Å²) < 4.78 is 5.60. The first kappa shape index (κ1) is 15.8. The topological polar surface area (TPSA) is 67.4 Å². The molecule has 2 aromatic carbocycles. The first-order chi connectivity index (χ1) is 11.7. The molecule has 0 saturated heterocycles. The lowest BCUT2D eigenvalue weighted by atomic mass is 10.1. The molecule has 24 heavy (non-hydrogen) atoms. The van der Waals surface area contributed by atoms with Gasteiger partial charge in [0.05, 0.1) is 12.0 Å². The number of ether oxygens (including phenoxy) is 1. The lowest BCUT2D eigenvalue weighted by Crippen LogP contribution is -2.21. The van der Waals surface area contributed by atoms with E-state index < -0.39 is 0 Å². The van der Waals surface area contributed by atoms with E-state index in [0.29, 0.717) is 17.7 Å². The van der Waals surface area contributed by atoms with Crippen LogP contribution >= 0.6 is 0 Å². The van der Waals surface area contributed by atoms with Gasteiger partial charge in [0.2, 0.25) is 5.91 Å². The van der Waals surface area contributed by atoms with E-state index in [1.54, 1.807) is 19.2 Å². The van der Waals surface area contributed by atoms with Crippen LogP contribution in [0.2, 0.25) is 0 Å². The molecule has 122 valence electrons. The summed E-state index contributed by atoms with van der Waals surface area (Å²) in [4.78, 5) is 23.7. The van der Waals surface area contributed by atoms with E-state index in [1.807, 2.05) is 42.5 Å². The second-order valence-corrected chi connectivity index (χ2v) is 5.50.